The number of rotatable bonds is 1. The molecule has 0 radical (unpaired) electrons. The van der Waals surface area contributed by atoms with Gasteiger partial charge in [-0.2, -0.15) is 4.39 Å². The molecule has 0 bridgehead atoms. The molecule has 3 nitrogen and oxygen atoms in total. The van der Waals surface area contributed by atoms with E-state index in [2.05, 4.69) is 15.9 Å². The Bertz CT molecular complexity index is 502. The van der Waals surface area contributed by atoms with Crippen molar-refractivity contribution >= 4 is 35.7 Å². The molecular formula is C6HBrClF3O3S. The zero-order valence-electron chi connectivity index (χ0n) is 6.56. The Morgan fingerprint density at radius 3 is 2.00 bits per heavy atom. The second kappa shape index (κ2) is 3.84. The van der Waals surface area contributed by atoms with E-state index in [1.165, 1.54) is 0 Å². The molecule has 0 unspecified atom stereocenters. The van der Waals surface area contributed by atoms with Gasteiger partial charge in [-0.3, -0.25) is 0 Å². The zero-order valence-corrected chi connectivity index (χ0v) is 9.72. The first kappa shape index (κ1) is 12.6. The molecule has 0 heterocycles. The summed E-state index contributed by atoms with van der Waals surface area (Å²) >= 11 is 2.35. The highest BCUT2D eigenvalue weighted by atomic mass is 79.9. The smallest absolute Gasteiger partial charge is 0.266 e. The molecule has 0 amide bonds. The van der Waals surface area contributed by atoms with Crippen LogP contribution in [0.5, 0.6) is 5.75 Å². The number of benzene rings is 1. The zero-order chi connectivity index (χ0) is 12.0. The van der Waals surface area contributed by atoms with E-state index in [4.69, 9.17) is 15.8 Å². The van der Waals surface area contributed by atoms with Gasteiger partial charge in [0.2, 0.25) is 5.82 Å². The lowest BCUT2D eigenvalue weighted by Gasteiger charge is -2.06. The van der Waals surface area contributed by atoms with Crippen LogP contribution in [0.4, 0.5) is 13.2 Å². The highest BCUT2D eigenvalue weighted by Gasteiger charge is 2.30. The van der Waals surface area contributed by atoms with Crippen LogP contribution in [0.2, 0.25) is 0 Å². The van der Waals surface area contributed by atoms with Gasteiger partial charge in [-0.25, -0.2) is 17.2 Å². The van der Waals surface area contributed by atoms with E-state index in [1.54, 1.807) is 0 Å². The molecule has 1 N–H and O–H groups in total. The van der Waals surface area contributed by atoms with Gasteiger partial charge in [0.05, 0.1) is 4.47 Å². The normalized spacial score (nSPS) is 11.8. The van der Waals surface area contributed by atoms with Crippen LogP contribution in [-0.4, -0.2) is 13.5 Å². The first-order valence-corrected chi connectivity index (χ1v) is 6.27. The summed E-state index contributed by atoms with van der Waals surface area (Å²) in [6.45, 7) is 0. The Hall–Kier alpha value is -0.470. The molecule has 0 aromatic heterocycles. The van der Waals surface area contributed by atoms with Crippen molar-refractivity contribution in [2.24, 2.45) is 0 Å². The SMILES string of the molecule is O=S(=O)(Cl)c1c(O)c(F)c(F)c(F)c1Br. The van der Waals surface area contributed by atoms with Gasteiger partial charge < -0.3 is 5.11 Å². The fourth-order valence-corrected chi connectivity index (χ4v) is 3.18. The monoisotopic (exact) mass is 324 g/mol. The van der Waals surface area contributed by atoms with Gasteiger partial charge in [0.15, 0.2) is 17.4 Å². The second-order valence-corrected chi connectivity index (χ2v) is 5.67. The van der Waals surface area contributed by atoms with E-state index in [1.807, 2.05) is 0 Å². The molecule has 9 heteroatoms. The molecule has 0 aliphatic rings. The highest BCUT2D eigenvalue weighted by Crippen LogP contribution is 2.38. The van der Waals surface area contributed by atoms with Crippen molar-refractivity contribution in [1.82, 2.24) is 0 Å². The van der Waals surface area contributed by atoms with Crippen LogP contribution < -0.4 is 0 Å². The molecule has 0 aliphatic carbocycles. The lowest BCUT2D eigenvalue weighted by atomic mass is 10.3. The average molecular weight is 325 g/mol. The average Bonchev–Trinajstić information content (AvgIpc) is 2.09. The van der Waals surface area contributed by atoms with E-state index in [0.717, 1.165) is 0 Å². The highest BCUT2D eigenvalue weighted by molar-refractivity contribution is 9.10. The third-order valence-corrected chi connectivity index (χ3v) is 3.80. The molecule has 1 aromatic rings. The number of hydrogen-bond donors (Lipinski definition) is 1. The van der Waals surface area contributed by atoms with Crippen LogP contribution in [0, 0.1) is 17.5 Å². The van der Waals surface area contributed by atoms with Gasteiger partial charge in [-0.15, -0.1) is 0 Å². The van der Waals surface area contributed by atoms with E-state index < -0.39 is 41.6 Å². The molecule has 1 aromatic carbocycles. The molecule has 84 valence electrons. The van der Waals surface area contributed by atoms with Crippen LogP contribution in [0.1, 0.15) is 0 Å². The van der Waals surface area contributed by atoms with E-state index in [-0.39, 0.29) is 0 Å². The lowest BCUT2D eigenvalue weighted by Crippen LogP contribution is -2.02. The quantitative estimate of drug-likeness (QED) is 0.490. The lowest BCUT2D eigenvalue weighted by molar-refractivity contribution is 0.372. The summed E-state index contributed by atoms with van der Waals surface area (Å²) in [6, 6.07) is 0. The van der Waals surface area contributed by atoms with Crippen molar-refractivity contribution in [3.63, 3.8) is 0 Å². The van der Waals surface area contributed by atoms with Gasteiger partial charge >= 0.3 is 0 Å². The summed E-state index contributed by atoms with van der Waals surface area (Å²) in [7, 11) is 0.195. The van der Waals surface area contributed by atoms with Gasteiger partial charge in [0, 0.05) is 10.7 Å². The Kier molecular flexibility index (Phi) is 3.22. The van der Waals surface area contributed by atoms with Gasteiger partial charge in [-0.1, -0.05) is 0 Å². The number of hydrogen-bond acceptors (Lipinski definition) is 3. The van der Waals surface area contributed by atoms with Gasteiger partial charge in [0.1, 0.15) is 4.90 Å². The number of halogens is 5. The van der Waals surface area contributed by atoms with Crippen molar-refractivity contribution in [3.8, 4) is 5.75 Å². The molecule has 0 saturated carbocycles. The fraction of sp³-hybridized carbons (Fsp3) is 0. The maximum atomic E-state index is 12.9. The predicted molar refractivity (Wildman–Crippen MR) is 48.7 cm³/mol. The van der Waals surface area contributed by atoms with Gasteiger partial charge in [0.25, 0.3) is 9.05 Å². The standard InChI is InChI=1S/C6HBrClF3O3S/c7-1-2(9)3(10)4(11)5(12)6(1)15(8,13)14/h12H. The Labute approximate surface area is 95.0 Å². The molecule has 15 heavy (non-hydrogen) atoms. The van der Waals surface area contributed by atoms with Crippen molar-refractivity contribution in [2.45, 2.75) is 4.90 Å². The van der Waals surface area contributed by atoms with Crippen LogP contribution in [0.25, 0.3) is 0 Å². The number of phenolic OH excluding ortho intramolecular Hbond substituents is 1. The molecule has 0 fully saturated rings. The Balaban J connectivity index is 3.84. The topological polar surface area (TPSA) is 54.4 Å². The van der Waals surface area contributed by atoms with Crippen LogP contribution >= 0.6 is 26.6 Å². The molecule has 0 saturated heterocycles. The van der Waals surface area contributed by atoms with Crippen LogP contribution in [-0.2, 0) is 9.05 Å². The minimum Gasteiger partial charge on any atom is -0.504 e. The Morgan fingerprint density at radius 2 is 1.60 bits per heavy atom. The predicted octanol–water partition coefficient (Wildman–Crippen LogP) is 2.50. The third kappa shape index (κ3) is 2.06. The van der Waals surface area contributed by atoms with Crippen LogP contribution in [0.3, 0.4) is 0 Å². The van der Waals surface area contributed by atoms with E-state index >= 15 is 0 Å². The summed E-state index contributed by atoms with van der Waals surface area (Å²) < 4.78 is 58.9. The Morgan fingerprint density at radius 1 is 1.13 bits per heavy atom. The van der Waals surface area contributed by atoms with E-state index in [0.29, 0.717) is 0 Å². The van der Waals surface area contributed by atoms with Crippen molar-refractivity contribution in [1.29, 1.82) is 0 Å². The first-order chi connectivity index (χ1) is 6.68. The summed E-state index contributed by atoms with van der Waals surface area (Å²) in [4.78, 5) is -1.25. The molecule has 0 spiro atoms. The number of phenols is 1. The fourth-order valence-electron chi connectivity index (χ4n) is 0.822. The second-order valence-electron chi connectivity index (χ2n) is 2.37. The molecular weight excluding hydrogens is 324 g/mol. The molecule has 0 atom stereocenters. The number of aromatic hydroxyl groups is 1. The summed E-state index contributed by atoms with van der Waals surface area (Å²) in [5.74, 6) is -7.38. The van der Waals surface area contributed by atoms with Crippen molar-refractivity contribution in [2.75, 3.05) is 0 Å². The molecule has 1 rings (SSSR count). The summed E-state index contributed by atoms with van der Waals surface area (Å²) in [6.07, 6.45) is 0. The third-order valence-electron chi connectivity index (χ3n) is 1.44. The first-order valence-electron chi connectivity index (χ1n) is 3.17. The van der Waals surface area contributed by atoms with Crippen LogP contribution in [0.15, 0.2) is 9.37 Å². The van der Waals surface area contributed by atoms with Crippen molar-refractivity contribution < 1.29 is 26.7 Å². The largest absolute Gasteiger partial charge is 0.504 e. The minimum atomic E-state index is -4.60. The van der Waals surface area contributed by atoms with E-state index in [9.17, 15) is 21.6 Å². The molecule has 0 aliphatic heterocycles. The van der Waals surface area contributed by atoms with Crippen molar-refractivity contribution in [3.05, 3.63) is 21.9 Å². The summed E-state index contributed by atoms with van der Waals surface area (Å²) in [5.41, 5.74) is 0. The maximum Gasteiger partial charge on any atom is 0.266 e. The maximum absolute atomic E-state index is 12.9. The van der Waals surface area contributed by atoms with Gasteiger partial charge in [-0.05, 0) is 15.9 Å². The minimum absolute atomic E-state index is 0.964. The summed E-state index contributed by atoms with van der Waals surface area (Å²) in [5, 5.41) is 8.94.